The number of aliphatic hydroxyl groups is 1. The topological polar surface area (TPSA) is 95.9 Å². The van der Waals surface area contributed by atoms with Gasteiger partial charge in [-0.3, -0.25) is 9.59 Å². The molecule has 0 saturated heterocycles. The van der Waals surface area contributed by atoms with Crippen molar-refractivity contribution in [3.05, 3.63) is 30.3 Å². The molecule has 110 valence electrons. The molecule has 2 atom stereocenters. The van der Waals surface area contributed by atoms with Gasteiger partial charge in [-0.1, -0.05) is 18.2 Å². The van der Waals surface area contributed by atoms with Crippen LogP contribution in [0.5, 0.6) is 5.75 Å². The summed E-state index contributed by atoms with van der Waals surface area (Å²) in [5.74, 6) is -0.982. The van der Waals surface area contributed by atoms with Crippen LogP contribution >= 0.6 is 0 Å². The van der Waals surface area contributed by atoms with Gasteiger partial charge in [0.25, 0.3) is 5.91 Å². The van der Waals surface area contributed by atoms with Gasteiger partial charge in [0.2, 0.25) is 0 Å². The maximum atomic E-state index is 11.8. The van der Waals surface area contributed by atoms with Gasteiger partial charge >= 0.3 is 5.97 Å². The van der Waals surface area contributed by atoms with Crippen LogP contribution in [-0.4, -0.2) is 40.3 Å². The van der Waals surface area contributed by atoms with Crippen LogP contribution in [0, 0.1) is 0 Å². The number of rotatable bonds is 7. The summed E-state index contributed by atoms with van der Waals surface area (Å²) >= 11 is 0. The quantitative estimate of drug-likeness (QED) is 0.687. The molecule has 1 aromatic rings. The van der Waals surface area contributed by atoms with Gasteiger partial charge in [-0.2, -0.15) is 0 Å². The molecule has 3 N–H and O–H groups in total. The Hall–Kier alpha value is -2.08. The van der Waals surface area contributed by atoms with Crippen LogP contribution < -0.4 is 10.1 Å². The third-order valence-corrected chi connectivity index (χ3v) is 2.60. The first kappa shape index (κ1) is 16.0. The van der Waals surface area contributed by atoms with Gasteiger partial charge in [0.05, 0.1) is 12.0 Å². The molecule has 0 radical (unpaired) electrons. The molecular formula is C14H19NO5. The molecule has 20 heavy (non-hydrogen) atoms. The highest BCUT2D eigenvalue weighted by Crippen LogP contribution is 2.11. The number of hydrogen-bond acceptors (Lipinski definition) is 4. The molecule has 2 unspecified atom stereocenters. The number of nitrogens with one attached hydrogen (secondary N) is 1. The number of hydrogen-bond donors (Lipinski definition) is 3. The van der Waals surface area contributed by atoms with Gasteiger partial charge in [0.15, 0.2) is 6.10 Å². The van der Waals surface area contributed by atoms with Crippen LogP contribution in [0.15, 0.2) is 30.3 Å². The van der Waals surface area contributed by atoms with E-state index in [9.17, 15) is 14.7 Å². The molecule has 1 rings (SSSR count). The van der Waals surface area contributed by atoms with E-state index < -0.39 is 30.0 Å². The lowest BCUT2D eigenvalue weighted by molar-refractivity contribution is -0.142. The summed E-state index contributed by atoms with van der Waals surface area (Å²) in [7, 11) is 0. The number of para-hydroxylation sites is 1. The van der Waals surface area contributed by atoms with E-state index in [2.05, 4.69) is 5.32 Å². The van der Waals surface area contributed by atoms with Crippen molar-refractivity contribution >= 4 is 11.9 Å². The van der Waals surface area contributed by atoms with Gasteiger partial charge in [-0.25, -0.2) is 0 Å². The van der Waals surface area contributed by atoms with Gasteiger partial charge in [0, 0.05) is 6.54 Å². The molecule has 0 aromatic heterocycles. The predicted molar refractivity (Wildman–Crippen MR) is 72.4 cm³/mol. The van der Waals surface area contributed by atoms with Crippen molar-refractivity contribution in [2.45, 2.75) is 32.0 Å². The third kappa shape index (κ3) is 5.71. The average Bonchev–Trinajstić information content (AvgIpc) is 2.35. The van der Waals surface area contributed by atoms with E-state index in [0.29, 0.717) is 5.75 Å². The average molecular weight is 281 g/mol. The largest absolute Gasteiger partial charge is 0.481 e. The second-order valence-electron chi connectivity index (χ2n) is 4.86. The maximum Gasteiger partial charge on any atom is 0.306 e. The van der Waals surface area contributed by atoms with Crippen LogP contribution in [0.4, 0.5) is 0 Å². The molecule has 0 aliphatic carbocycles. The van der Waals surface area contributed by atoms with Crippen molar-refractivity contribution in [1.82, 2.24) is 5.32 Å². The molecule has 0 aliphatic heterocycles. The van der Waals surface area contributed by atoms with Crippen LogP contribution in [0.25, 0.3) is 0 Å². The normalized spacial score (nSPS) is 14.9. The van der Waals surface area contributed by atoms with E-state index in [1.54, 1.807) is 31.2 Å². The molecule has 0 fully saturated rings. The SMILES string of the molecule is CC(Oc1ccccc1)C(=O)NCC(C)(O)CC(=O)O. The Kier molecular flexibility index (Phi) is 5.52. The highest BCUT2D eigenvalue weighted by atomic mass is 16.5. The molecule has 0 heterocycles. The number of amides is 1. The van der Waals surface area contributed by atoms with Crippen LogP contribution in [0.2, 0.25) is 0 Å². The summed E-state index contributed by atoms with van der Waals surface area (Å²) < 4.78 is 5.41. The highest BCUT2D eigenvalue weighted by Gasteiger charge is 2.26. The van der Waals surface area contributed by atoms with E-state index in [0.717, 1.165) is 0 Å². The first-order valence-electron chi connectivity index (χ1n) is 6.24. The molecule has 6 nitrogen and oxygen atoms in total. The summed E-state index contributed by atoms with van der Waals surface area (Å²) in [5, 5.41) is 20.9. The molecule has 0 saturated carbocycles. The standard InChI is InChI=1S/C14H19NO5/c1-10(20-11-6-4-3-5-7-11)13(18)15-9-14(2,19)8-12(16)17/h3-7,10,19H,8-9H2,1-2H3,(H,15,18)(H,16,17). The van der Waals surface area contributed by atoms with E-state index in [1.807, 2.05) is 6.07 Å². The Balaban J connectivity index is 2.44. The zero-order valence-electron chi connectivity index (χ0n) is 11.5. The Bertz CT molecular complexity index is 458. The highest BCUT2D eigenvalue weighted by molar-refractivity contribution is 5.80. The van der Waals surface area contributed by atoms with Gasteiger partial charge in [-0.05, 0) is 26.0 Å². The minimum atomic E-state index is -1.49. The van der Waals surface area contributed by atoms with Crippen LogP contribution in [0.1, 0.15) is 20.3 Å². The lowest BCUT2D eigenvalue weighted by Gasteiger charge is -2.23. The molecule has 0 aliphatic rings. The molecule has 0 bridgehead atoms. The van der Waals surface area contributed by atoms with Crippen LogP contribution in [0.3, 0.4) is 0 Å². The number of benzene rings is 1. The predicted octanol–water partition coefficient (Wildman–Crippen LogP) is 0.796. The summed E-state index contributed by atoms with van der Waals surface area (Å²) in [6, 6.07) is 8.87. The summed E-state index contributed by atoms with van der Waals surface area (Å²) in [5.41, 5.74) is -1.49. The second-order valence-corrected chi connectivity index (χ2v) is 4.86. The van der Waals surface area contributed by atoms with E-state index in [4.69, 9.17) is 9.84 Å². The van der Waals surface area contributed by atoms with Crippen molar-refractivity contribution in [2.75, 3.05) is 6.54 Å². The van der Waals surface area contributed by atoms with Crippen molar-refractivity contribution < 1.29 is 24.5 Å². The zero-order valence-corrected chi connectivity index (χ0v) is 11.5. The Morgan fingerprint density at radius 1 is 1.35 bits per heavy atom. The van der Waals surface area contributed by atoms with Crippen LogP contribution in [-0.2, 0) is 9.59 Å². The molecule has 1 aromatic carbocycles. The fraction of sp³-hybridized carbons (Fsp3) is 0.429. The monoisotopic (exact) mass is 281 g/mol. The lowest BCUT2D eigenvalue weighted by Crippen LogP contribution is -2.46. The van der Waals surface area contributed by atoms with Gasteiger partial charge in [-0.15, -0.1) is 0 Å². The summed E-state index contributed by atoms with van der Waals surface area (Å²) in [6.45, 7) is 2.78. The number of carboxylic acids is 1. The fourth-order valence-electron chi connectivity index (χ4n) is 1.57. The fourth-order valence-corrected chi connectivity index (χ4v) is 1.57. The Labute approximate surface area is 117 Å². The molecule has 6 heteroatoms. The second kappa shape index (κ2) is 6.91. The summed E-state index contributed by atoms with van der Waals surface area (Å²) in [6.07, 6.45) is -1.18. The number of carbonyl (C=O) groups excluding carboxylic acids is 1. The van der Waals surface area contributed by atoms with E-state index >= 15 is 0 Å². The zero-order chi connectivity index (χ0) is 15.2. The first-order chi connectivity index (χ1) is 9.30. The molecule has 1 amide bonds. The third-order valence-electron chi connectivity index (χ3n) is 2.60. The van der Waals surface area contributed by atoms with Crippen molar-refractivity contribution in [1.29, 1.82) is 0 Å². The number of aliphatic carboxylic acids is 1. The number of carbonyl (C=O) groups is 2. The first-order valence-corrected chi connectivity index (χ1v) is 6.24. The number of carboxylic acid groups (broad SMARTS) is 1. The maximum absolute atomic E-state index is 11.8. The van der Waals surface area contributed by atoms with Crippen molar-refractivity contribution in [2.24, 2.45) is 0 Å². The van der Waals surface area contributed by atoms with E-state index in [1.165, 1.54) is 6.92 Å². The number of ether oxygens (including phenoxy) is 1. The molecule has 0 spiro atoms. The smallest absolute Gasteiger partial charge is 0.306 e. The van der Waals surface area contributed by atoms with Gasteiger partial charge in [0.1, 0.15) is 5.75 Å². The Morgan fingerprint density at radius 2 is 1.95 bits per heavy atom. The lowest BCUT2D eigenvalue weighted by atomic mass is 10.0. The van der Waals surface area contributed by atoms with Crippen molar-refractivity contribution in [3.63, 3.8) is 0 Å². The minimum absolute atomic E-state index is 0.152. The van der Waals surface area contributed by atoms with Gasteiger partial charge < -0.3 is 20.3 Å². The molecular weight excluding hydrogens is 262 g/mol. The van der Waals surface area contributed by atoms with E-state index in [-0.39, 0.29) is 6.54 Å². The Morgan fingerprint density at radius 3 is 2.50 bits per heavy atom. The summed E-state index contributed by atoms with van der Waals surface area (Å²) in [4.78, 5) is 22.3. The minimum Gasteiger partial charge on any atom is -0.481 e. The van der Waals surface area contributed by atoms with Crippen molar-refractivity contribution in [3.8, 4) is 5.75 Å².